The van der Waals surface area contributed by atoms with Crippen molar-refractivity contribution in [1.29, 1.82) is 0 Å². The van der Waals surface area contributed by atoms with Gasteiger partial charge in [0.1, 0.15) is 5.82 Å². The topological polar surface area (TPSA) is 62.4 Å². The lowest BCUT2D eigenvalue weighted by Crippen LogP contribution is -2.43. The van der Waals surface area contributed by atoms with E-state index in [9.17, 15) is 5.11 Å². The summed E-state index contributed by atoms with van der Waals surface area (Å²) in [5.74, 6) is 1.33. The average molecular weight is 235 g/mol. The molecule has 0 aliphatic carbocycles. The van der Waals surface area contributed by atoms with Crippen molar-refractivity contribution in [2.75, 3.05) is 23.7 Å². The highest BCUT2D eigenvalue weighted by atomic mass is 16.3. The minimum atomic E-state index is -0.153. The zero-order valence-corrected chi connectivity index (χ0v) is 10.3. The van der Waals surface area contributed by atoms with E-state index in [1.54, 1.807) is 6.20 Å². The average Bonchev–Trinajstić information content (AvgIpc) is 2.33. The highest BCUT2D eigenvalue weighted by Crippen LogP contribution is 2.25. The second-order valence-corrected chi connectivity index (χ2v) is 4.80. The van der Waals surface area contributed by atoms with E-state index in [1.807, 2.05) is 12.1 Å². The van der Waals surface area contributed by atoms with Crippen molar-refractivity contribution in [2.45, 2.75) is 32.3 Å². The van der Waals surface area contributed by atoms with Crippen molar-refractivity contribution >= 4 is 11.5 Å². The summed E-state index contributed by atoms with van der Waals surface area (Å²) in [5.41, 5.74) is 6.32. The van der Waals surface area contributed by atoms with Gasteiger partial charge in [-0.05, 0) is 25.0 Å². The lowest BCUT2D eigenvalue weighted by molar-refractivity contribution is 0.0828. The summed E-state index contributed by atoms with van der Waals surface area (Å²) >= 11 is 0. The number of piperidine rings is 1. The molecule has 3 N–H and O–H groups in total. The fourth-order valence-electron chi connectivity index (χ4n) is 2.47. The fraction of sp³-hybridized carbons (Fsp3) is 0.615. The lowest BCUT2D eigenvalue weighted by atomic mass is 9.91. The summed E-state index contributed by atoms with van der Waals surface area (Å²) in [7, 11) is 0. The van der Waals surface area contributed by atoms with E-state index in [-0.39, 0.29) is 6.10 Å². The standard InChI is InChI=1S/C13H21N3O/c1-2-3-10-9-16(7-6-12(10)17)13-5-4-11(14)8-15-13/h4-5,8,10,12,17H,2-3,6-7,9,14H2,1H3. The molecule has 1 fully saturated rings. The molecule has 2 heterocycles. The summed E-state index contributed by atoms with van der Waals surface area (Å²) in [4.78, 5) is 6.58. The number of anilines is 2. The van der Waals surface area contributed by atoms with Crippen LogP contribution < -0.4 is 10.6 Å². The van der Waals surface area contributed by atoms with Gasteiger partial charge in [0.05, 0.1) is 18.0 Å². The van der Waals surface area contributed by atoms with Gasteiger partial charge in [0.15, 0.2) is 0 Å². The van der Waals surface area contributed by atoms with Gasteiger partial charge in [0.2, 0.25) is 0 Å². The zero-order valence-electron chi connectivity index (χ0n) is 10.3. The molecule has 0 amide bonds. The molecule has 0 bridgehead atoms. The van der Waals surface area contributed by atoms with Crippen molar-refractivity contribution in [2.24, 2.45) is 5.92 Å². The number of hydrogen-bond donors (Lipinski definition) is 2. The van der Waals surface area contributed by atoms with E-state index in [0.29, 0.717) is 11.6 Å². The van der Waals surface area contributed by atoms with Crippen molar-refractivity contribution < 1.29 is 5.11 Å². The molecule has 2 rings (SSSR count). The first kappa shape index (κ1) is 12.2. The minimum absolute atomic E-state index is 0.153. The van der Waals surface area contributed by atoms with Gasteiger partial charge in [0, 0.05) is 19.0 Å². The molecule has 0 spiro atoms. The van der Waals surface area contributed by atoms with Crippen LogP contribution >= 0.6 is 0 Å². The molecule has 1 aliphatic rings. The number of hydrogen-bond acceptors (Lipinski definition) is 4. The Labute approximate surface area is 102 Å². The van der Waals surface area contributed by atoms with Crippen LogP contribution in [-0.2, 0) is 0 Å². The minimum Gasteiger partial charge on any atom is -0.397 e. The number of rotatable bonds is 3. The number of aliphatic hydroxyl groups is 1. The van der Waals surface area contributed by atoms with Crippen molar-refractivity contribution in [1.82, 2.24) is 4.98 Å². The quantitative estimate of drug-likeness (QED) is 0.836. The number of nitrogens with two attached hydrogens (primary N) is 1. The number of nitrogens with zero attached hydrogens (tertiary/aromatic N) is 2. The largest absolute Gasteiger partial charge is 0.397 e. The summed E-state index contributed by atoms with van der Waals surface area (Å²) < 4.78 is 0. The molecule has 17 heavy (non-hydrogen) atoms. The fourth-order valence-corrected chi connectivity index (χ4v) is 2.47. The molecule has 0 aromatic carbocycles. The maximum Gasteiger partial charge on any atom is 0.128 e. The van der Waals surface area contributed by atoms with Crippen LogP contribution in [0.2, 0.25) is 0 Å². The maximum absolute atomic E-state index is 9.94. The predicted molar refractivity (Wildman–Crippen MR) is 69.9 cm³/mol. The van der Waals surface area contributed by atoms with Crippen LogP contribution in [0.25, 0.3) is 0 Å². The molecule has 0 saturated carbocycles. The third kappa shape index (κ3) is 2.88. The van der Waals surface area contributed by atoms with Crippen LogP contribution in [0.3, 0.4) is 0 Å². The Kier molecular flexibility index (Phi) is 3.84. The number of aliphatic hydroxyl groups excluding tert-OH is 1. The Hall–Kier alpha value is -1.29. The van der Waals surface area contributed by atoms with Crippen LogP contribution in [0.4, 0.5) is 11.5 Å². The molecule has 1 aromatic rings. The SMILES string of the molecule is CCCC1CN(c2ccc(N)cn2)CCC1O. The monoisotopic (exact) mass is 235 g/mol. The Balaban J connectivity index is 2.04. The second-order valence-electron chi connectivity index (χ2n) is 4.80. The highest BCUT2D eigenvalue weighted by Gasteiger charge is 2.27. The summed E-state index contributed by atoms with van der Waals surface area (Å²) in [6.45, 7) is 3.93. The van der Waals surface area contributed by atoms with Crippen LogP contribution in [0.15, 0.2) is 18.3 Å². The van der Waals surface area contributed by atoms with E-state index < -0.39 is 0 Å². The maximum atomic E-state index is 9.94. The smallest absolute Gasteiger partial charge is 0.128 e. The van der Waals surface area contributed by atoms with E-state index >= 15 is 0 Å². The molecular weight excluding hydrogens is 214 g/mol. The van der Waals surface area contributed by atoms with E-state index in [2.05, 4.69) is 16.8 Å². The normalized spacial score (nSPS) is 24.9. The second kappa shape index (κ2) is 5.36. The number of nitrogen functional groups attached to an aromatic ring is 1. The van der Waals surface area contributed by atoms with Crippen LogP contribution in [-0.4, -0.2) is 29.3 Å². The Morgan fingerprint density at radius 1 is 1.53 bits per heavy atom. The van der Waals surface area contributed by atoms with Crippen molar-refractivity contribution in [3.05, 3.63) is 18.3 Å². The Morgan fingerprint density at radius 3 is 3.00 bits per heavy atom. The lowest BCUT2D eigenvalue weighted by Gasteiger charge is -2.36. The number of pyridine rings is 1. The summed E-state index contributed by atoms with van der Waals surface area (Å²) in [6, 6.07) is 3.83. The van der Waals surface area contributed by atoms with E-state index in [4.69, 9.17) is 5.73 Å². The number of aromatic nitrogens is 1. The van der Waals surface area contributed by atoms with Crippen molar-refractivity contribution in [3.8, 4) is 0 Å². The molecule has 2 atom stereocenters. The molecule has 4 heteroatoms. The third-order valence-electron chi connectivity index (χ3n) is 3.45. The van der Waals surface area contributed by atoms with Crippen LogP contribution in [0.1, 0.15) is 26.2 Å². The summed E-state index contributed by atoms with van der Waals surface area (Å²) in [5, 5.41) is 9.94. The molecule has 4 nitrogen and oxygen atoms in total. The first-order valence-electron chi connectivity index (χ1n) is 6.35. The highest BCUT2D eigenvalue weighted by molar-refractivity contribution is 5.46. The summed E-state index contributed by atoms with van der Waals surface area (Å²) in [6.07, 6.45) is 4.56. The molecule has 1 aromatic heterocycles. The van der Waals surface area contributed by atoms with E-state index in [1.165, 1.54) is 0 Å². The molecular formula is C13H21N3O. The van der Waals surface area contributed by atoms with Gasteiger partial charge in [-0.1, -0.05) is 13.3 Å². The van der Waals surface area contributed by atoms with E-state index in [0.717, 1.165) is 38.2 Å². The van der Waals surface area contributed by atoms with Gasteiger partial charge in [0.25, 0.3) is 0 Å². The molecule has 1 aliphatic heterocycles. The molecule has 2 unspecified atom stereocenters. The van der Waals surface area contributed by atoms with Gasteiger partial charge >= 0.3 is 0 Å². The van der Waals surface area contributed by atoms with Gasteiger partial charge in [-0.3, -0.25) is 0 Å². The van der Waals surface area contributed by atoms with Gasteiger partial charge in [-0.2, -0.15) is 0 Å². The Morgan fingerprint density at radius 2 is 2.35 bits per heavy atom. The van der Waals surface area contributed by atoms with Crippen LogP contribution in [0.5, 0.6) is 0 Å². The first-order valence-corrected chi connectivity index (χ1v) is 6.35. The molecule has 1 saturated heterocycles. The van der Waals surface area contributed by atoms with Crippen LogP contribution in [0, 0.1) is 5.92 Å². The van der Waals surface area contributed by atoms with Gasteiger partial charge < -0.3 is 15.7 Å². The Bertz CT molecular complexity index is 352. The zero-order chi connectivity index (χ0) is 12.3. The third-order valence-corrected chi connectivity index (χ3v) is 3.45. The predicted octanol–water partition coefficient (Wildman–Crippen LogP) is 1.65. The molecule has 94 valence electrons. The van der Waals surface area contributed by atoms with Crippen molar-refractivity contribution in [3.63, 3.8) is 0 Å². The first-order chi connectivity index (χ1) is 8.20. The molecule has 0 radical (unpaired) electrons. The van der Waals surface area contributed by atoms with Gasteiger partial charge in [-0.15, -0.1) is 0 Å². The van der Waals surface area contributed by atoms with Gasteiger partial charge in [-0.25, -0.2) is 4.98 Å².